The van der Waals surface area contributed by atoms with E-state index in [0.29, 0.717) is 0 Å². The zero-order valence-corrected chi connectivity index (χ0v) is 18.2. The minimum atomic E-state index is 0.953. The van der Waals surface area contributed by atoms with E-state index in [-0.39, 0.29) is 0 Å². The molecule has 0 aromatic rings. The molecule has 0 atom stereocenters. The van der Waals surface area contributed by atoms with Gasteiger partial charge in [-0.1, -0.05) is 124 Å². The molecule has 0 heterocycles. The van der Waals surface area contributed by atoms with Crippen LogP contribution in [-0.4, -0.2) is 0 Å². The van der Waals surface area contributed by atoms with E-state index in [1.165, 1.54) is 0 Å². The second kappa shape index (κ2) is 15.7. The molecule has 0 rings (SSSR count). The summed E-state index contributed by atoms with van der Waals surface area (Å²) in [7, 11) is 0. The average molecular weight is 383 g/mol. The normalized spacial score (nSPS) is 15.0. The summed E-state index contributed by atoms with van der Waals surface area (Å²) in [5.74, 6) is 0. The highest BCUT2D eigenvalue weighted by Gasteiger charge is 2.17. The molecule has 0 radical (unpaired) electrons. The topological polar surface area (TPSA) is 0 Å². The van der Waals surface area contributed by atoms with Gasteiger partial charge in [0.25, 0.3) is 0 Å². The maximum atomic E-state index is 4.07. The molecule has 0 heteroatoms. The number of hydrogen-bond donors (Lipinski definition) is 0. The van der Waals surface area contributed by atoms with E-state index in [1.54, 1.807) is 18.2 Å². The summed E-state index contributed by atoms with van der Waals surface area (Å²) in [5.41, 5.74) is 6.01. The fourth-order valence-corrected chi connectivity index (χ4v) is 2.80. The van der Waals surface area contributed by atoms with Gasteiger partial charge in [-0.25, -0.2) is 0 Å². The standard InChI is InChI=1S/C29H34/c1-9-17-23-25(16-8)29(27(21-13-5)22-14-6)28(24(15-7)18-10-2)26(19-11-3)20-12-4/h9-23H,2-3,5,7-8H2,1,4,6H3/b17-9-,20-12-,22-14-,24-18+,25-23+,26-19+,27-21+,29-28-. The van der Waals surface area contributed by atoms with Crippen molar-refractivity contribution in [3.05, 3.63) is 157 Å². The van der Waals surface area contributed by atoms with Gasteiger partial charge >= 0.3 is 0 Å². The van der Waals surface area contributed by atoms with Crippen molar-refractivity contribution in [3.63, 3.8) is 0 Å². The first kappa shape index (κ1) is 25.6. The van der Waals surface area contributed by atoms with Crippen LogP contribution in [-0.2, 0) is 0 Å². The summed E-state index contributed by atoms with van der Waals surface area (Å²) in [4.78, 5) is 0. The largest absolute Gasteiger partial charge is 0.0990 e. The maximum absolute atomic E-state index is 4.07. The Kier molecular flexibility index (Phi) is 13.8. The van der Waals surface area contributed by atoms with Crippen LogP contribution in [0.4, 0.5) is 0 Å². The molecule has 0 saturated heterocycles. The molecule has 0 aromatic heterocycles. The monoisotopic (exact) mass is 382 g/mol. The van der Waals surface area contributed by atoms with E-state index >= 15 is 0 Å². The van der Waals surface area contributed by atoms with E-state index in [1.807, 2.05) is 75.5 Å². The van der Waals surface area contributed by atoms with Gasteiger partial charge in [-0.2, -0.15) is 0 Å². The molecule has 0 saturated carbocycles. The van der Waals surface area contributed by atoms with Crippen LogP contribution in [0.2, 0.25) is 0 Å². The molecule has 29 heavy (non-hydrogen) atoms. The summed E-state index contributed by atoms with van der Waals surface area (Å²) in [6, 6.07) is 0. The second-order valence-electron chi connectivity index (χ2n) is 5.88. The van der Waals surface area contributed by atoms with Gasteiger partial charge in [0, 0.05) is 0 Å². The quantitative estimate of drug-likeness (QED) is 0.296. The molecule has 0 aromatic carbocycles. The minimum absolute atomic E-state index is 0.953. The molecule has 0 amide bonds. The lowest BCUT2D eigenvalue weighted by Crippen LogP contribution is -2.02. The summed E-state index contributed by atoms with van der Waals surface area (Å²) in [6.07, 6.45) is 29.2. The third-order valence-electron chi connectivity index (χ3n) is 3.90. The molecular weight excluding hydrogens is 348 g/mol. The van der Waals surface area contributed by atoms with Crippen LogP contribution >= 0.6 is 0 Å². The number of rotatable bonds is 12. The predicted molar refractivity (Wildman–Crippen MR) is 135 cm³/mol. The van der Waals surface area contributed by atoms with Crippen molar-refractivity contribution < 1.29 is 0 Å². The van der Waals surface area contributed by atoms with Crippen molar-refractivity contribution in [2.75, 3.05) is 0 Å². The Morgan fingerprint density at radius 3 is 1.17 bits per heavy atom. The molecule has 0 aliphatic heterocycles. The second-order valence-corrected chi connectivity index (χ2v) is 5.88. The zero-order chi connectivity index (χ0) is 22.1. The molecule has 0 unspecified atom stereocenters. The lowest BCUT2D eigenvalue weighted by molar-refractivity contribution is 1.33. The summed E-state index contributed by atoms with van der Waals surface area (Å²) in [5, 5.41) is 0. The molecule has 0 fully saturated rings. The fourth-order valence-electron chi connectivity index (χ4n) is 2.80. The third-order valence-corrected chi connectivity index (χ3v) is 3.90. The van der Waals surface area contributed by atoms with Crippen molar-refractivity contribution in [2.24, 2.45) is 0 Å². The van der Waals surface area contributed by atoms with Crippen LogP contribution in [0, 0.1) is 0 Å². The van der Waals surface area contributed by atoms with Gasteiger partial charge in [0.15, 0.2) is 0 Å². The molecular formula is C29H34. The highest BCUT2D eigenvalue weighted by atomic mass is 14.2. The number of allylic oxidation sites excluding steroid dienone is 21. The number of hydrogen-bond acceptors (Lipinski definition) is 0. The average Bonchev–Trinajstić information content (AvgIpc) is 2.72. The van der Waals surface area contributed by atoms with Crippen molar-refractivity contribution >= 4 is 0 Å². The van der Waals surface area contributed by atoms with Gasteiger partial charge in [0.1, 0.15) is 0 Å². The first-order chi connectivity index (χ1) is 14.1. The first-order valence-electron chi connectivity index (χ1n) is 9.67. The fraction of sp³-hybridized carbons (Fsp3) is 0.103. The minimum Gasteiger partial charge on any atom is -0.0990 e. The van der Waals surface area contributed by atoms with Crippen LogP contribution in [0.25, 0.3) is 0 Å². The molecule has 0 nitrogen and oxygen atoms in total. The first-order valence-corrected chi connectivity index (χ1v) is 9.67. The van der Waals surface area contributed by atoms with Crippen LogP contribution in [0.3, 0.4) is 0 Å². The summed E-state index contributed by atoms with van der Waals surface area (Å²) >= 11 is 0. The Labute approximate surface area is 178 Å². The van der Waals surface area contributed by atoms with Gasteiger partial charge < -0.3 is 0 Å². The van der Waals surface area contributed by atoms with Crippen LogP contribution in [0.15, 0.2) is 157 Å². The lowest BCUT2D eigenvalue weighted by atomic mass is 9.83. The Morgan fingerprint density at radius 1 is 0.483 bits per heavy atom. The van der Waals surface area contributed by atoms with Crippen molar-refractivity contribution in [3.8, 4) is 0 Å². The molecule has 0 bridgehead atoms. The molecule has 0 N–H and O–H groups in total. The third kappa shape index (κ3) is 8.02. The van der Waals surface area contributed by atoms with Gasteiger partial charge in [-0.05, 0) is 54.2 Å². The molecule has 150 valence electrons. The highest BCUT2D eigenvalue weighted by molar-refractivity contribution is 5.70. The van der Waals surface area contributed by atoms with E-state index < -0.39 is 0 Å². The van der Waals surface area contributed by atoms with E-state index in [4.69, 9.17) is 0 Å². The van der Waals surface area contributed by atoms with E-state index in [9.17, 15) is 0 Å². The smallest absolute Gasteiger partial charge is 0.00272 e. The Bertz CT molecular complexity index is 850. The maximum Gasteiger partial charge on any atom is -0.00272 e. The van der Waals surface area contributed by atoms with E-state index in [0.717, 1.165) is 33.4 Å². The van der Waals surface area contributed by atoms with Gasteiger partial charge in [0.05, 0.1) is 0 Å². The lowest BCUT2D eigenvalue weighted by Gasteiger charge is -2.20. The molecule has 0 aliphatic rings. The van der Waals surface area contributed by atoms with Gasteiger partial charge in [-0.15, -0.1) is 0 Å². The zero-order valence-electron chi connectivity index (χ0n) is 18.2. The van der Waals surface area contributed by atoms with Crippen molar-refractivity contribution in [2.45, 2.75) is 20.8 Å². The predicted octanol–water partition coefficient (Wildman–Crippen LogP) is 8.65. The van der Waals surface area contributed by atoms with Crippen molar-refractivity contribution in [1.82, 2.24) is 0 Å². The molecule has 0 spiro atoms. The highest BCUT2D eigenvalue weighted by Crippen LogP contribution is 2.35. The van der Waals surface area contributed by atoms with Crippen molar-refractivity contribution in [1.29, 1.82) is 0 Å². The van der Waals surface area contributed by atoms with Crippen LogP contribution < -0.4 is 0 Å². The summed E-state index contributed by atoms with van der Waals surface area (Å²) < 4.78 is 0. The van der Waals surface area contributed by atoms with Gasteiger partial charge in [-0.3, -0.25) is 0 Å². The Balaban J connectivity index is 7.87. The van der Waals surface area contributed by atoms with Crippen LogP contribution in [0.5, 0.6) is 0 Å². The summed E-state index contributed by atoms with van der Waals surface area (Å²) in [6.45, 7) is 25.8. The van der Waals surface area contributed by atoms with Gasteiger partial charge in [0.2, 0.25) is 0 Å². The SMILES string of the molecule is C=C/C=C(C=C)/C(=C(C(\C=C)=C\C=C/C)/C(/C=C\C)=C/C=C)C(/C=C\C)=C/C=C. The Morgan fingerprint density at radius 2 is 0.862 bits per heavy atom. The van der Waals surface area contributed by atoms with E-state index in [2.05, 4.69) is 51.1 Å². The Hall–Kier alpha value is -3.38. The molecule has 0 aliphatic carbocycles. The van der Waals surface area contributed by atoms with Crippen LogP contribution in [0.1, 0.15) is 20.8 Å².